The molecule has 0 aliphatic carbocycles. The molecule has 3 aromatic rings. The van der Waals surface area contributed by atoms with Crippen LogP contribution in [0.5, 0.6) is 11.5 Å². The molecule has 0 aliphatic rings. The molecule has 1 atom stereocenters. The quantitative estimate of drug-likeness (QED) is 0.618. The van der Waals surface area contributed by atoms with Gasteiger partial charge in [0.1, 0.15) is 17.3 Å². The number of aromatic amines is 1. The topological polar surface area (TPSA) is 76.0 Å². The van der Waals surface area contributed by atoms with Gasteiger partial charge in [-0.2, -0.15) is 5.10 Å². The van der Waals surface area contributed by atoms with E-state index in [0.29, 0.717) is 18.0 Å². The molecule has 0 amide bonds. The van der Waals surface area contributed by atoms with Crippen LogP contribution >= 0.6 is 0 Å². The number of rotatable bonds is 7. The van der Waals surface area contributed by atoms with E-state index < -0.39 is 0 Å². The minimum absolute atomic E-state index is 0.206. The normalized spacial score (nSPS) is 12.1. The molecule has 0 saturated heterocycles. The highest BCUT2D eigenvalue weighted by molar-refractivity contribution is 5.63. The van der Waals surface area contributed by atoms with Crippen LogP contribution in [0.2, 0.25) is 0 Å². The number of hydrogen-bond donors (Lipinski definition) is 3. The summed E-state index contributed by atoms with van der Waals surface area (Å²) in [6.45, 7) is 0.561. The van der Waals surface area contributed by atoms with Crippen LogP contribution in [0.25, 0.3) is 11.3 Å². The summed E-state index contributed by atoms with van der Waals surface area (Å²) >= 11 is 0. The van der Waals surface area contributed by atoms with Crippen LogP contribution in [0.4, 0.5) is 4.39 Å². The lowest BCUT2D eigenvalue weighted by Gasteiger charge is -2.13. The van der Waals surface area contributed by atoms with Gasteiger partial charge in [-0.3, -0.25) is 5.10 Å². The molecule has 0 bridgehead atoms. The molecule has 1 unspecified atom stereocenters. The number of H-pyrrole nitrogens is 1. The molecule has 3 rings (SSSR count). The predicted octanol–water partition coefficient (Wildman–Crippen LogP) is 3.10. The summed E-state index contributed by atoms with van der Waals surface area (Å²) in [7, 11) is 1.90. The van der Waals surface area contributed by atoms with E-state index in [4.69, 9.17) is 10.5 Å². The Morgan fingerprint density at radius 2 is 1.76 bits per heavy atom. The summed E-state index contributed by atoms with van der Waals surface area (Å²) < 4.78 is 18.7. The first-order valence-corrected chi connectivity index (χ1v) is 8.13. The Bertz CT molecular complexity index is 795. The summed E-state index contributed by atoms with van der Waals surface area (Å²) in [6.07, 6.45) is 2.63. The predicted molar refractivity (Wildman–Crippen MR) is 96.1 cm³/mol. The summed E-state index contributed by atoms with van der Waals surface area (Å²) in [6, 6.07) is 13.8. The highest BCUT2D eigenvalue weighted by atomic mass is 19.1. The van der Waals surface area contributed by atoms with E-state index in [0.717, 1.165) is 23.2 Å². The Balaban J connectivity index is 1.74. The zero-order chi connectivity index (χ0) is 17.6. The van der Waals surface area contributed by atoms with Gasteiger partial charge in [0.2, 0.25) is 0 Å². The van der Waals surface area contributed by atoms with Gasteiger partial charge in [0.15, 0.2) is 0 Å². The van der Waals surface area contributed by atoms with Gasteiger partial charge in [-0.25, -0.2) is 4.39 Å². The Labute approximate surface area is 146 Å². The van der Waals surface area contributed by atoms with E-state index in [1.807, 2.05) is 37.5 Å². The van der Waals surface area contributed by atoms with E-state index in [2.05, 4.69) is 15.5 Å². The maximum Gasteiger partial charge on any atom is 0.127 e. The second-order valence-electron chi connectivity index (χ2n) is 5.78. The van der Waals surface area contributed by atoms with Gasteiger partial charge in [-0.1, -0.05) is 0 Å². The molecule has 1 aromatic heterocycles. The molecule has 0 fully saturated rings. The van der Waals surface area contributed by atoms with Crippen molar-refractivity contribution in [2.45, 2.75) is 12.5 Å². The van der Waals surface area contributed by atoms with Crippen molar-refractivity contribution in [1.82, 2.24) is 15.5 Å². The van der Waals surface area contributed by atoms with Crippen molar-refractivity contribution in [2.75, 3.05) is 13.6 Å². The van der Waals surface area contributed by atoms with Crippen molar-refractivity contribution in [3.05, 3.63) is 66.1 Å². The van der Waals surface area contributed by atoms with Crippen LogP contribution in [0.1, 0.15) is 5.56 Å². The van der Waals surface area contributed by atoms with Crippen LogP contribution in [0.3, 0.4) is 0 Å². The minimum Gasteiger partial charge on any atom is -0.457 e. The summed E-state index contributed by atoms with van der Waals surface area (Å²) in [5.74, 6) is 0.995. The summed E-state index contributed by atoms with van der Waals surface area (Å²) in [5, 5.41) is 10.4. The second-order valence-corrected chi connectivity index (χ2v) is 5.78. The van der Waals surface area contributed by atoms with Crippen molar-refractivity contribution in [3.63, 3.8) is 0 Å². The second kappa shape index (κ2) is 7.92. The fraction of sp³-hybridized carbons (Fsp3) is 0.211. The lowest BCUT2D eigenvalue weighted by atomic mass is 10.0. The first kappa shape index (κ1) is 17.1. The number of hydrogen-bond acceptors (Lipinski definition) is 4. The molecule has 130 valence electrons. The first-order chi connectivity index (χ1) is 12.2. The third-order valence-electron chi connectivity index (χ3n) is 4.07. The van der Waals surface area contributed by atoms with Crippen molar-refractivity contribution >= 4 is 0 Å². The van der Waals surface area contributed by atoms with Crippen molar-refractivity contribution in [1.29, 1.82) is 0 Å². The van der Waals surface area contributed by atoms with Gasteiger partial charge in [0.25, 0.3) is 0 Å². The van der Waals surface area contributed by atoms with Crippen LogP contribution in [-0.4, -0.2) is 29.8 Å². The molecule has 1 heterocycles. The van der Waals surface area contributed by atoms with Gasteiger partial charge < -0.3 is 15.8 Å². The van der Waals surface area contributed by atoms with E-state index in [9.17, 15) is 4.39 Å². The molecule has 0 radical (unpaired) electrons. The molecule has 0 aliphatic heterocycles. The monoisotopic (exact) mass is 340 g/mol. The van der Waals surface area contributed by atoms with E-state index >= 15 is 0 Å². The number of nitrogens with two attached hydrogens (primary N) is 1. The molecule has 0 spiro atoms. The molecule has 4 N–H and O–H groups in total. The first-order valence-electron chi connectivity index (χ1n) is 8.13. The number of aromatic nitrogens is 2. The lowest BCUT2D eigenvalue weighted by Crippen LogP contribution is -2.35. The van der Waals surface area contributed by atoms with Crippen molar-refractivity contribution < 1.29 is 9.13 Å². The third-order valence-corrected chi connectivity index (χ3v) is 4.07. The zero-order valence-corrected chi connectivity index (χ0v) is 14.0. The third kappa shape index (κ3) is 4.23. The number of nitrogens with one attached hydrogen (secondary N) is 2. The molecular formula is C19H21FN4O. The van der Waals surface area contributed by atoms with Crippen LogP contribution in [-0.2, 0) is 6.42 Å². The fourth-order valence-electron chi connectivity index (χ4n) is 2.61. The highest BCUT2D eigenvalue weighted by Crippen LogP contribution is 2.27. The van der Waals surface area contributed by atoms with Crippen LogP contribution < -0.4 is 15.8 Å². The van der Waals surface area contributed by atoms with E-state index in [1.54, 1.807) is 12.1 Å². The smallest absolute Gasteiger partial charge is 0.127 e. The molecule has 0 saturated carbocycles. The highest BCUT2D eigenvalue weighted by Gasteiger charge is 2.12. The molecule has 5 nitrogen and oxygen atoms in total. The molecule has 6 heteroatoms. The summed E-state index contributed by atoms with van der Waals surface area (Å²) in [4.78, 5) is 0. The Morgan fingerprint density at radius 1 is 1.12 bits per heavy atom. The Morgan fingerprint density at radius 3 is 2.36 bits per heavy atom. The largest absolute Gasteiger partial charge is 0.457 e. The van der Waals surface area contributed by atoms with Crippen molar-refractivity contribution in [3.8, 4) is 22.8 Å². The number of nitrogens with zero attached hydrogens (tertiary/aromatic N) is 1. The zero-order valence-electron chi connectivity index (χ0n) is 14.0. The van der Waals surface area contributed by atoms with Crippen LogP contribution in [0, 0.1) is 5.82 Å². The Kier molecular flexibility index (Phi) is 5.42. The maximum absolute atomic E-state index is 12.9. The fourth-order valence-corrected chi connectivity index (χ4v) is 2.61. The van der Waals surface area contributed by atoms with Crippen molar-refractivity contribution in [2.24, 2.45) is 5.73 Å². The van der Waals surface area contributed by atoms with Gasteiger partial charge in [-0.05, 0) is 67.6 Å². The SMILES string of the molecule is CNC(CN)Cc1cn[nH]c1-c1ccc(Oc2ccc(F)cc2)cc1. The average molecular weight is 340 g/mol. The van der Waals surface area contributed by atoms with E-state index in [1.165, 1.54) is 12.1 Å². The molecule has 2 aromatic carbocycles. The van der Waals surface area contributed by atoms with Gasteiger partial charge in [0, 0.05) is 18.2 Å². The molecule has 25 heavy (non-hydrogen) atoms. The maximum atomic E-state index is 12.9. The van der Waals surface area contributed by atoms with Gasteiger partial charge in [-0.15, -0.1) is 0 Å². The minimum atomic E-state index is -0.285. The number of halogens is 1. The lowest BCUT2D eigenvalue weighted by molar-refractivity contribution is 0.480. The number of likely N-dealkylation sites (N-methyl/N-ethyl adjacent to an activating group) is 1. The van der Waals surface area contributed by atoms with Gasteiger partial charge >= 0.3 is 0 Å². The number of ether oxygens (including phenoxy) is 1. The van der Waals surface area contributed by atoms with E-state index in [-0.39, 0.29) is 11.9 Å². The van der Waals surface area contributed by atoms with Gasteiger partial charge in [0.05, 0.1) is 11.9 Å². The average Bonchev–Trinajstić information content (AvgIpc) is 3.10. The molecular weight excluding hydrogens is 319 g/mol. The number of benzene rings is 2. The standard InChI is InChI=1S/C19H21FN4O/c1-22-16(11-21)10-14-12-23-24-19(14)13-2-6-17(7-3-13)25-18-8-4-15(20)5-9-18/h2-9,12,16,22H,10-11,21H2,1H3,(H,23,24). The summed E-state index contributed by atoms with van der Waals surface area (Å²) in [5.41, 5.74) is 8.86. The Hall–Kier alpha value is -2.70. The van der Waals surface area contributed by atoms with Crippen LogP contribution in [0.15, 0.2) is 54.7 Å².